The van der Waals surface area contributed by atoms with E-state index in [-0.39, 0.29) is 0 Å². The topological polar surface area (TPSA) is 91.2 Å². The van der Waals surface area contributed by atoms with Gasteiger partial charge in [0.05, 0.1) is 7.11 Å². The van der Waals surface area contributed by atoms with E-state index in [0.717, 1.165) is 0 Å². The van der Waals surface area contributed by atoms with Crippen LogP contribution in [0, 0.1) is 0 Å². The van der Waals surface area contributed by atoms with E-state index < -0.39 is 12.0 Å². The lowest BCUT2D eigenvalue weighted by Gasteiger charge is -2.08. The second-order valence-corrected chi connectivity index (χ2v) is 2.89. The summed E-state index contributed by atoms with van der Waals surface area (Å²) < 4.78 is 4.49. The van der Waals surface area contributed by atoms with Gasteiger partial charge in [0, 0.05) is 12.1 Å². The molecule has 1 atom stereocenters. The molecule has 0 spiro atoms. The molecule has 14 heavy (non-hydrogen) atoms. The quantitative estimate of drug-likeness (QED) is 0.646. The Bertz CT molecular complexity index is 328. The first kappa shape index (κ1) is 10.5. The van der Waals surface area contributed by atoms with Crippen molar-refractivity contribution in [2.75, 3.05) is 12.8 Å². The van der Waals surface area contributed by atoms with Crippen LogP contribution >= 0.6 is 0 Å². The van der Waals surface area contributed by atoms with Crippen molar-refractivity contribution < 1.29 is 9.53 Å². The first-order chi connectivity index (χ1) is 6.63. The van der Waals surface area contributed by atoms with Gasteiger partial charge in [0.1, 0.15) is 11.9 Å². The van der Waals surface area contributed by atoms with Gasteiger partial charge in [-0.25, -0.2) is 4.98 Å². The highest BCUT2D eigenvalue weighted by Crippen LogP contribution is 2.03. The second-order valence-electron chi connectivity index (χ2n) is 2.89. The van der Waals surface area contributed by atoms with Gasteiger partial charge >= 0.3 is 5.97 Å². The van der Waals surface area contributed by atoms with Crippen LogP contribution in [0.5, 0.6) is 0 Å². The number of carbonyl (C=O) groups is 1. The smallest absolute Gasteiger partial charge is 0.323 e. The lowest BCUT2D eigenvalue weighted by molar-refractivity contribution is -0.142. The zero-order chi connectivity index (χ0) is 10.6. The first-order valence-electron chi connectivity index (χ1n) is 4.18. The average molecular weight is 195 g/mol. The minimum Gasteiger partial charge on any atom is -0.468 e. The molecule has 5 heteroatoms. The predicted octanol–water partition coefficient (Wildman–Crippen LogP) is -0.293. The van der Waals surface area contributed by atoms with Crippen molar-refractivity contribution in [1.29, 1.82) is 0 Å². The lowest BCUT2D eigenvalue weighted by Crippen LogP contribution is -2.33. The Hall–Kier alpha value is -1.62. The van der Waals surface area contributed by atoms with Crippen molar-refractivity contribution in [1.82, 2.24) is 4.98 Å². The van der Waals surface area contributed by atoms with Crippen molar-refractivity contribution in [3.63, 3.8) is 0 Å². The largest absolute Gasteiger partial charge is 0.468 e. The average Bonchev–Trinajstić information content (AvgIpc) is 2.16. The molecule has 0 radical (unpaired) electrons. The predicted molar refractivity (Wildman–Crippen MR) is 52.3 cm³/mol. The molecule has 0 fully saturated rings. The van der Waals surface area contributed by atoms with Gasteiger partial charge in [-0.05, 0) is 12.1 Å². The number of anilines is 1. The van der Waals surface area contributed by atoms with Gasteiger partial charge in [0.15, 0.2) is 0 Å². The van der Waals surface area contributed by atoms with Gasteiger partial charge in [-0.3, -0.25) is 4.79 Å². The first-order valence-corrected chi connectivity index (χ1v) is 4.18. The Morgan fingerprint density at radius 1 is 1.64 bits per heavy atom. The van der Waals surface area contributed by atoms with Crippen molar-refractivity contribution in [2.45, 2.75) is 12.5 Å². The van der Waals surface area contributed by atoms with Gasteiger partial charge in [-0.2, -0.15) is 0 Å². The summed E-state index contributed by atoms with van der Waals surface area (Å²) in [5, 5.41) is 0. The van der Waals surface area contributed by atoms with Crippen LogP contribution in [-0.4, -0.2) is 24.1 Å². The molecule has 0 aliphatic rings. The van der Waals surface area contributed by atoms with E-state index in [0.29, 0.717) is 17.9 Å². The van der Waals surface area contributed by atoms with E-state index in [1.54, 1.807) is 18.2 Å². The van der Waals surface area contributed by atoms with Crippen LogP contribution < -0.4 is 11.5 Å². The fourth-order valence-corrected chi connectivity index (χ4v) is 1.07. The van der Waals surface area contributed by atoms with E-state index in [2.05, 4.69) is 9.72 Å². The zero-order valence-corrected chi connectivity index (χ0v) is 7.93. The standard InChI is InChI=1S/C9H13N3O2/c1-14-9(13)7(10)5-6-3-2-4-8(11)12-6/h2-4,7H,5,10H2,1H3,(H2,11,12)/t7-/m1/s1. The molecule has 5 nitrogen and oxygen atoms in total. The molecule has 76 valence electrons. The third-order valence-electron chi connectivity index (χ3n) is 1.76. The summed E-state index contributed by atoms with van der Waals surface area (Å²) in [4.78, 5) is 15.0. The molecule has 0 bridgehead atoms. The van der Waals surface area contributed by atoms with Crippen LogP contribution in [0.25, 0.3) is 0 Å². The minimum absolute atomic E-state index is 0.331. The van der Waals surface area contributed by atoms with Crippen LogP contribution in [0.3, 0.4) is 0 Å². The summed E-state index contributed by atoms with van der Waals surface area (Å²) in [6.07, 6.45) is 0.331. The van der Waals surface area contributed by atoms with Crippen LogP contribution in [0.15, 0.2) is 18.2 Å². The highest BCUT2D eigenvalue weighted by molar-refractivity contribution is 5.75. The molecule has 0 saturated carbocycles. The molecule has 0 aliphatic heterocycles. The number of esters is 1. The maximum Gasteiger partial charge on any atom is 0.323 e. The summed E-state index contributed by atoms with van der Waals surface area (Å²) in [6.45, 7) is 0. The minimum atomic E-state index is -0.686. The number of ether oxygens (including phenoxy) is 1. The maximum absolute atomic E-state index is 11.0. The van der Waals surface area contributed by atoms with Crippen molar-refractivity contribution in [3.05, 3.63) is 23.9 Å². The Balaban J connectivity index is 2.64. The number of hydrogen-bond donors (Lipinski definition) is 2. The lowest BCUT2D eigenvalue weighted by atomic mass is 10.1. The number of hydrogen-bond acceptors (Lipinski definition) is 5. The third-order valence-corrected chi connectivity index (χ3v) is 1.76. The Kier molecular flexibility index (Phi) is 3.41. The highest BCUT2D eigenvalue weighted by atomic mass is 16.5. The second kappa shape index (κ2) is 4.57. The van der Waals surface area contributed by atoms with Crippen molar-refractivity contribution in [2.24, 2.45) is 5.73 Å². The van der Waals surface area contributed by atoms with E-state index >= 15 is 0 Å². The van der Waals surface area contributed by atoms with Crippen LogP contribution in [0.1, 0.15) is 5.69 Å². The fraction of sp³-hybridized carbons (Fsp3) is 0.333. The molecule has 0 unspecified atom stereocenters. The van der Waals surface area contributed by atoms with Crippen molar-refractivity contribution >= 4 is 11.8 Å². The number of carbonyl (C=O) groups excluding carboxylic acids is 1. The van der Waals surface area contributed by atoms with Crippen LogP contribution in [-0.2, 0) is 16.0 Å². The molecular formula is C9H13N3O2. The third kappa shape index (κ3) is 2.70. The summed E-state index contributed by atoms with van der Waals surface area (Å²) in [5.74, 6) is -0.0335. The number of nitrogens with two attached hydrogens (primary N) is 2. The molecule has 1 heterocycles. The molecule has 1 rings (SSSR count). The van der Waals surface area contributed by atoms with E-state index in [1.807, 2.05) is 0 Å². The number of pyridine rings is 1. The van der Waals surface area contributed by atoms with Gasteiger partial charge in [-0.15, -0.1) is 0 Å². The molecular weight excluding hydrogens is 182 g/mol. The number of nitrogen functional groups attached to an aromatic ring is 1. The van der Waals surface area contributed by atoms with Gasteiger partial charge in [0.2, 0.25) is 0 Å². The molecule has 1 aromatic heterocycles. The monoisotopic (exact) mass is 195 g/mol. The summed E-state index contributed by atoms with van der Waals surface area (Å²) in [5.41, 5.74) is 11.7. The van der Waals surface area contributed by atoms with Crippen LogP contribution in [0.2, 0.25) is 0 Å². The van der Waals surface area contributed by atoms with E-state index in [1.165, 1.54) is 7.11 Å². The molecule has 0 amide bonds. The maximum atomic E-state index is 11.0. The van der Waals surface area contributed by atoms with Crippen molar-refractivity contribution in [3.8, 4) is 0 Å². The molecule has 0 saturated heterocycles. The zero-order valence-electron chi connectivity index (χ0n) is 7.93. The molecule has 0 aliphatic carbocycles. The van der Waals surface area contributed by atoms with Gasteiger partial charge < -0.3 is 16.2 Å². The fourth-order valence-electron chi connectivity index (χ4n) is 1.07. The Morgan fingerprint density at radius 2 is 2.36 bits per heavy atom. The Morgan fingerprint density at radius 3 is 2.93 bits per heavy atom. The number of rotatable bonds is 3. The Labute approximate surface area is 82.1 Å². The summed E-state index contributed by atoms with van der Waals surface area (Å²) in [7, 11) is 1.30. The number of aromatic nitrogens is 1. The van der Waals surface area contributed by atoms with E-state index in [9.17, 15) is 4.79 Å². The highest BCUT2D eigenvalue weighted by Gasteiger charge is 2.14. The van der Waals surface area contributed by atoms with Gasteiger partial charge in [0.25, 0.3) is 0 Å². The molecule has 1 aromatic rings. The van der Waals surface area contributed by atoms with Gasteiger partial charge in [-0.1, -0.05) is 6.07 Å². The van der Waals surface area contributed by atoms with E-state index in [4.69, 9.17) is 11.5 Å². The number of methoxy groups -OCH3 is 1. The normalized spacial score (nSPS) is 12.1. The summed E-state index contributed by atoms with van der Waals surface area (Å²) in [6, 6.07) is 4.52. The SMILES string of the molecule is COC(=O)[C@H](N)Cc1cccc(N)n1. The van der Waals surface area contributed by atoms with Crippen LogP contribution in [0.4, 0.5) is 5.82 Å². The molecule has 4 N–H and O–H groups in total. The molecule has 0 aromatic carbocycles. The number of nitrogens with zero attached hydrogens (tertiary/aromatic N) is 1. The summed E-state index contributed by atoms with van der Waals surface area (Å²) >= 11 is 0.